The topological polar surface area (TPSA) is 120 Å². The lowest BCUT2D eigenvalue weighted by atomic mass is 10.1. The van der Waals surface area contributed by atoms with Crippen molar-refractivity contribution in [2.45, 2.75) is 58.3 Å². The number of hydrogen-bond donors (Lipinski definition) is 2. The monoisotopic (exact) mass is 437 g/mol. The summed E-state index contributed by atoms with van der Waals surface area (Å²) >= 11 is 0. The van der Waals surface area contributed by atoms with Gasteiger partial charge in [-0.3, -0.25) is 4.90 Å². The molecule has 1 atom stereocenters. The summed E-state index contributed by atoms with van der Waals surface area (Å²) in [7, 11) is 1.27. The first-order chi connectivity index (χ1) is 14.7. The first-order valence-corrected chi connectivity index (χ1v) is 10.4. The quantitative estimate of drug-likeness (QED) is 0.310. The summed E-state index contributed by atoms with van der Waals surface area (Å²) in [5.41, 5.74) is 5.73. The molecule has 1 aromatic rings. The zero-order valence-electron chi connectivity index (χ0n) is 18.9. The Hall–Kier alpha value is -2.81. The molecule has 0 radical (unpaired) electrons. The van der Waals surface area contributed by atoms with Crippen molar-refractivity contribution < 1.29 is 28.6 Å². The van der Waals surface area contributed by atoms with Gasteiger partial charge < -0.3 is 25.3 Å². The molecule has 9 nitrogen and oxygen atoms in total. The van der Waals surface area contributed by atoms with Crippen molar-refractivity contribution in [3.8, 4) is 0 Å². The zero-order valence-corrected chi connectivity index (χ0v) is 18.9. The Morgan fingerprint density at radius 3 is 2.39 bits per heavy atom. The van der Waals surface area contributed by atoms with E-state index in [0.29, 0.717) is 25.8 Å². The second kappa shape index (κ2) is 13.5. The third-order valence-electron chi connectivity index (χ3n) is 4.24. The fraction of sp³-hybridized carbons (Fsp3) is 0.591. The van der Waals surface area contributed by atoms with Crippen LogP contribution in [0.25, 0.3) is 0 Å². The van der Waals surface area contributed by atoms with E-state index in [1.165, 1.54) is 12.0 Å². The van der Waals surface area contributed by atoms with Gasteiger partial charge in [-0.25, -0.2) is 14.4 Å². The van der Waals surface area contributed by atoms with Crippen LogP contribution < -0.4 is 11.1 Å². The molecule has 2 amide bonds. The van der Waals surface area contributed by atoms with Gasteiger partial charge in [0, 0.05) is 13.1 Å². The number of rotatable bonds is 11. The summed E-state index contributed by atoms with van der Waals surface area (Å²) in [6.45, 7) is 5.94. The number of amides is 2. The summed E-state index contributed by atoms with van der Waals surface area (Å²) in [5.74, 6) is -0.550. The van der Waals surface area contributed by atoms with E-state index in [-0.39, 0.29) is 19.7 Å². The maximum absolute atomic E-state index is 12.8. The molecule has 0 aliphatic heterocycles. The van der Waals surface area contributed by atoms with E-state index in [1.807, 2.05) is 30.3 Å². The molecule has 0 heterocycles. The third-order valence-corrected chi connectivity index (χ3v) is 4.24. The number of unbranched alkanes of at least 4 members (excludes halogenated alkanes) is 1. The van der Waals surface area contributed by atoms with E-state index < -0.39 is 29.8 Å². The highest BCUT2D eigenvalue weighted by molar-refractivity contribution is 5.81. The van der Waals surface area contributed by atoms with Crippen molar-refractivity contribution in [2.24, 2.45) is 5.73 Å². The number of benzene rings is 1. The minimum atomic E-state index is -0.847. The van der Waals surface area contributed by atoms with E-state index in [0.717, 1.165) is 5.56 Å². The highest BCUT2D eigenvalue weighted by Gasteiger charge is 2.31. The number of esters is 1. The van der Waals surface area contributed by atoms with Crippen LogP contribution in [0.5, 0.6) is 0 Å². The first-order valence-electron chi connectivity index (χ1n) is 10.4. The molecule has 31 heavy (non-hydrogen) atoms. The Bertz CT molecular complexity index is 690. The number of carbonyl (C=O) groups excluding carboxylic acids is 3. The van der Waals surface area contributed by atoms with Crippen molar-refractivity contribution in [1.29, 1.82) is 0 Å². The molecule has 0 saturated heterocycles. The van der Waals surface area contributed by atoms with Crippen molar-refractivity contribution >= 4 is 18.2 Å². The predicted molar refractivity (Wildman–Crippen MR) is 116 cm³/mol. The van der Waals surface area contributed by atoms with Gasteiger partial charge in [0.05, 0.1) is 7.11 Å². The minimum Gasteiger partial charge on any atom is -0.467 e. The fourth-order valence-corrected chi connectivity index (χ4v) is 2.79. The maximum Gasteiger partial charge on any atom is 0.410 e. The van der Waals surface area contributed by atoms with Gasteiger partial charge in [-0.2, -0.15) is 0 Å². The van der Waals surface area contributed by atoms with Crippen molar-refractivity contribution in [2.75, 3.05) is 26.7 Å². The van der Waals surface area contributed by atoms with E-state index >= 15 is 0 Å². The molecule has 0 aromatic heterocycles. The molecule has 9 heteroatoms. The van der Waals surface area contributed by atoms with Gasteiger partial charge in [0.1, 0.15) is 18.2 Å². The van der Waals surface area contributed by atoms with Crippen LogP contribution in [0.15, 0.2) is 30.3 Å². The highest BCUT2D eigenvalue weighted by atomic mass is 16.6. The Balaban J connectivity index is 2.85. The first kappa shape index (κ1) is 26.2. The summed E-state index contributed by atoms with van der Waals surface area (Å²) in [5, 5.41) is 2.59. The van der Waals surface area contributed by atoms with Crippen molar-refractivity contribution in [1.82, 2.24) is 10.2 Å². The van der Waals surface area contributed by atoms with Crippen LogP contribution in [0.2, 0.25) is 0 Å². The lowest BCUT2D eigenvalue weighted by molar-refractivity contribution is -0.146. The van der Waals surface area contributed by atoms with Crippen LogP contribution in [0, 0.1) is 0 Å². The van der Waals surface area contributed by atoms with Crippen LogP contribution in [-0.2, 0) is 25.6 Å². The van der Waals surface area contributed by atoms with E-state index in [4.69, 9.17) is 19.9 Å². The molecule has 1 rings (SSSR count). The Morgan fingerprint density at radius 2 is 1.81 bits per heavy atom. The third kappa shape index (κ3) is 10.7. The molecule has 0 bridgehead atoms. The molecule has 174 valence electrons. The summed E-state index contributed by atoms with van der Waals surface area (Å²) < 4.78 is 15.5. The van der Waals surface area contributed by atoms with Crippen LogP contribution in [0.1, 0.15) is 45.6 Å². The number of ether oxygens (including phenoxy) is 3. The Morgan fingerprint density at radius 1 is 1.13 bits per heavy atom. The minimum absolute atomic E-state index is 0.0509. The lowest BCUT2D eigenvalue weighted by Gasteiger charge is -2.29. The van der Waals surface area contributed by atoms with E-state index in [2.05, 4.69) is 5.32 Å². The summed E-state index contributed by atoms with van der Waals surface area (Å²) in [6, 6.07) is 8.37. The Kier molecular flexibility index (Phi) is 11.4. The molecule has 3 N–H and O–H groups in total. The number of carbonyl (C=O) groups is 3. The highest BCUT2D eigenvalue weighted by Crippen LogP contribution is 2.14. The van der Waals surface area contributed by atoms with Gasteiger partial charge in [-0.1, -0.05) is 30.3 Å². The molecule has 0 saturated carbocycles. The number of nitrogens with zero attached hydrogens (tertiary/aromatic N) is 1. The van der Waals surface area contributed by atoms with Crippen LogP contribution in [0.4, 0.5) is 9.59 Å². The number of nitrogens with one attached hydrogen (secondary N) is 1. The Labute approximate surface area is 184 Å². The standard InChI is InChI=1S/C22H35N3O6/c1-22(2,3)31-20(27)24-14-15-25(18(19(26)29-4)12-8-9-13-23)21(28)30-16-17-10-6-5-7-11-17/h5-7,10-11,18H,8-9,12-16,23H2,1-4H3,(H,24,27)/t18-/m1/s1. The van der Waals surface area contributed by atoms with Gasteiger partial charge in [0.25, 0.3) is 0 Å². The largest absolute Gasteiger partial charge is 0.467 e. The normalized spacial score (nSPS) is 11.9. The molecular formula is C22H35N3O6. The second-order valence-electron chi connectivity index (χ2n) is 7.99. The van der Waals surface area contributed by atoms with Gasteiger partial charge in [-0.05, 0) is 52.1 Å². The molecule has 0 aliphatic carbocycles. The second-order valence-corrected chi connectivity index (χ2v) is 7.99. The average Bonchev–Trinajstić information content (AvgIpc) is 2.72. The smallest absolute Gasteiger partial charge is 0.410 e. The van der Waals surface area contributed by atoms with Gasteiger partial charge in [0.15, 0.2) is 0 Å². The van der Waals surface area contributed by atoms with Gasteiger partial charge >= 0.3 is 18.2 Å². The maximum atomic E-state index is 12.8. The fourth-order valence-electron chi connectivity index (χ4n) is 2.79. The van der Waals surface area contributed by atoms with Crippen LogP contribution in [0.3, 0.4) is 0 Å². The summed E-state index contributed by atoms with van der Waals surface area (Å²) in [6.07, 6.45) is 0.437. The van der Waals surface area contributed by atoms with Gasteiger partial charge in [-0.15, -0.1) is 0 Å². The molecule has 1 aromatic carbocycles. The molecule has 0 unspecified atom stereocenters. The SMILES string of the molecule is COC(=O)[C@@H](CCCCN)N(CCNC(=O)OC(C)(C)C)C(=O)OCc1ccccc1. The molecule has 0 spiro atoms. The summed E-state index contributed by atoms with van der Waals surface area (Å²) in [4.78, 5) is 38.4. The average molecular weight is 438 g/mol. The number of nitrogens with two attached hydrogens (primary N) is 1. The molecular weight excluding hydrogens is 402 g/mol. The molecule has 0 fully saturated rings. The number of alkyl carbamates (subject to hydrolysis) is 1. The predicted octanol–water partition coefficient (Wildman–Crippen LogP) is 2.82. The number of methoxy groups -OCH3 is 1. The van der Waals surface area contributed by atoms with Crippen LogP contribution >= 0.6 is 0 Å². The van der Waals surface area contributed by atoms with E-state index in [1.54, 1.807) is 20.8 Å². The van der Waals surface area contributed by atoms with Gasteiger partial charge in [0.2, 0.25) is 0 Å². The van der Waals surface area contributed by atoms with E-state index in [9.17, 15) is 14.4 Å². The van der Waals surface area contributed by atoms with Crippen molar-refractivity contribution in [3.05, 3.63) is 35.9 Å². The van der Waals surface area contributed by atoms with Crippen molar-refractivity contribution in [3.63, 3.8) is 0 Å². The zero-order chi connectivity index (χ0) is 23.3. The lowest BCUT2D eigenvalue weighted by Crippen LogP contribution is -2.49. The van der Waals surface area contributed by atoms with Crippen LogP contribution in [-0.4, -0.2) is 61.4 Å². The number of hydrogen-bond acceptors (Lipinski definition) is 7. The molecule has 0 aliphatic rings.